The van der Waals surface area contributed by atoms with Gasteiger partial charge in [-0.25, -0.2) is 4.79 Å². The molecule has 3 atom stereocenters. The Morgan fingerprint density at radius 3 is 2.53 bits per heavy atom. The Labute approximate surface area is 207 Å². The minimum atomic E-state index is -1.84. The van der Waals surface area contributed by atoms with E-state index in [1.165, 1.54) is 6.08 Å². The summed E-state index contributed by atoms with van der Waals surface area (Å²) in [5.41, 5.74) is 2.11. The average Bonchev–Trinajstić information content (AvgIpc) is 2.78. The van der Waals surface area contributed by atoms with Crippen molar-refractivity contribution in [2.45, 2.75) is 77.5 Å². The predicted octanol–water partition coefficient (Wildman–Crippen LogP) is 6.61. The molecule has 1 aromatic carbocycles. The molecule has 0 aromatic heterocycles. The topological polar surface area (TPSA) is 54.0 Å². The maximum absolute atomic E-state index is 11.6. The molecule has 1 aliphatic rings. The maximum Gasteiger partial charge on any atom is 0.331 e. The van der Waals surface area contributed by atoms with E-state index in [9.17, 15) is 4.79 Å². The third-order valence-corrected chi connectivity index (χ3v) is 11.1. The van der Waals surface area contributed by atoms with Crippen LogP contribution in [0.3, 0.4) is 0 Å². The molecule has 5 nitrogen and oxygen atoms in total. The van der Waals surface area contributed by atoms with Crippen LogP contribution in [0, 0.1) is 5.92 Å². The Kier molecular flexibility index (Phi) is 10.3. The van der Waals surface area contributed by atoms with E-state index in [0.29, 0.717) is 26.1 Å². The van der Waals surface area contributed by atoms with E-state index >= 15 is 0 Å². The summed E-state index contributed by atoms with van der Waals surface area (Å²) in [5, 5.41) is 0.156. The number of carbonyl (C=O) groups is 1. The monoisotopic (exact) mass is 486 g/mol. The molecule has 2 rings (SSSR count). The summed E-state index contributed by atoms with van der Waals surface area (Å²) in [5.74, 6) is 0.682. The van der Waals surface area contributed by atoms with Crippen LogP contribution in [0.15, 0.2) is 60.7 Å². The highest BCUT2D eigenvalue weighted by Crippen LogP contribution is 2.37. The molecule has 1 aliphatic heterocycles. The molecule has 0 bridgehead atoms. The summed E-state index contributed by atoms with van der Waals surface area (Å²) in [6.45, 7) is 18.6. The number of benzene rings is 1. The van der Waals surface area contributed by atoms with E-state index in [1.807, 2.05) is 49.4 Å². The van der Waals surface area contributed by atoms with Crippen LogP contribution < -0.4 is 4.74 Å². The van der Waals surface area contributed by atoms with Gasteiger partial charge in [0.15, 0.2) is 8.32 Å². The fourth-order valence-corrected chi connectivity index (χ4v) is 4.22. The van der Waals surface area contributed by atoms with Crippen LogP contribution >= 0.6 is 0 Å². The number of methoxy groups -OCH3 is 1. The second-order valence-corrected chi connectivity index (χ2v) is 15.4. The second kappa shape index (κ2) is 12.5. The van der Waals surface area contributed by atoms with Crippen molar-refractivity contribution in [1.82, 2.24) is 0 Å². The zero-order chi connectivity index (χ0) is 25.4. The minimum Gasteiger partial charge on any atom is -0.497 e. The highest BCUT2D eigenvalue weighted by Gasteiger charge is 2.37. The molecule has 188 valence electrons. The van der Waals surface area contributed by atoms with Crippen LogP contribution in [-0.4, -0.2) is 40.2 Å². The van der Waals surface area contributed by atoms with E-state index in [1.54, 1.807) is 7.11 Å². The van der Waals surface area contributed by atoms with Gasteiger partial charge in [-0.05, 0) is 54.7 Å². The first kappa shape index (κ1) is 28.1. The van der Waals surface area contributed by atoms with Gasteiger partial charge >= 0.3 is 5.97 Å². The minimum absolute atomic E-state index is 0.0565. The normalized spacial score (nSPS) is 19.8. The van der Waals surface area contributed by atoms with Crippen molar-refractivity contribution in [3.8, 4) is 5.75 Å². The van der Waals surface area contributed by atoms with Crippen LogP contribution in [0.25, 0.3) is 0 Å². The van der Waals surface area contributed by atoms with Crippen molar-refractivity contribution >= 4 is 14.3 Å². The van der Waals surface area contributed by atoms with Gasteiger partial charge in [0, 0.05) is 12.0 Å². The largest absolute Gasteiger partial charge is 0.497 e. The fraction of sp³-hybridized carbons (Fsp3) is 0.536. The number of hydrogen-bond acceptors (Lipinski definition) is 5. The zero-order valence-electron chi connectivity index (χ0n) is 21.9. The van der Waals surface area contributed by atoms with Crippen molar-refractivity contribution in [3.05, 3.63) is 66.3 Å². The molecule has 0 spiro atoms. The average molecular weight is 487 g/mol. The third kappa shape index (κ3) is 8.89. The summed E-state index contributed by atoms with van der Waals surface area (Å²) >= 11 is 0. The third-order valence-electron chi connectivity index (χ3n) is 6.64. The molecule has 0 N–H and O–H groups in total. The van der Waals surface area contributed by atoms with Gasteiger partial charge in [0.2, 0.25) is 0 Å². The van der Waals surface area contributed by atoms with E-state index in [2.05, 4.69) is 40.4 Å². The number of rotatable bonds is 12. The lowest BCUT2D eigenvalue weighted by Gasteiger charge is -2.36. The van der Waals surface area contributed by atoms with Gasteiger partial charge in [-0.2, -0.15) is 0 Å². The fourth-order valence-electron chi connectivity index (χ4n) is 3.23. The van der Waals surface area contributed by atoms with Crippen molar-refractivity contribution in [3.63, 3.8) is 0 Å². The predicted molar refractivity (Wildman–Crippen MR) is 140 cm³/mol. The lowest BCUT2D eigenvalue weighted by Crippen LogP contribution is -2.41. The molecule has 34 heavy (non-hydrogen) atoms. The molecule has 0 amide bonds. The first-order valence-corrected chi connectivity index (χ1v) is 14.9. The summed E-state index contributed by atoms with van der Waals surface area (Å²) in [6.07, 6.45) is 8.48. The molecule has 0 fully saturated rings. The molecule has 0 saturated carbocycles. The number of ether oxygens (including phenoxy) is 3. The summed E-state index contributed by atoms with van der Waals surface area (Å²) in [7, 11) is -0.185. The SMILES string of the molecule is C=C(CO[Si](C)(C)C(C)(C)C)C[C@H](C/C=C/[C@@H]1OC(=O)C=C[C@H]1C)OCc1ccc(OC)cc1. The van der Waals surface area contributed by atoms with Gasteiger partial charge in [0.25, 0.3) is 0 Å². The van der Waals surface area contributed by atoms with Crippen LogP contribution in [-0.2, 0) is 25.3 Å². The Balaban J connectivity index is 2.00. The zero-order valence-corrected chi connectivity index (χ0v) is 22.9. The van der Waals surface area contributed by atoms with E-state index in [0.717, 1.165) is 16.9 Å². The Morgan fingerprint density at radius 1 is 1.24 bits per heavy atom. The van der Waals surface area contributed by atoms with Crippen molar-refractivity contribution in [1.29, 1.82) is 0 Å². The first-order chi connectivity index (χ1) is 15.9. The lowest BCUT2D eigenvalue weighted by atomic mass is 10.0. The van der Waals surface area contributed by atoms with E-state index in [-0.39, 0.29) is 29.1 Å². The second-order valence-electron chi connectivity index (χ2n) is 10.6. The number of hydrogen-bond donors (Lipinski definition) is 0. The molecule has 0 aliphatic carbocycles. The van der Waals surface area contributed by atoms with Crippen LogP contribution in [0.2, 0.25) is 18.1 Å². The lowest BCUT2D eigenvalue weighted by molar-refractivity contribution is -0.143. The Hall–Kier alpha value is -2.15. The molecule has 0 radical (unpaired) electrons. The van der Waals surface area contributed by atoms with Gasteiger partial charge in [0.1, 0.15) is 11.9 Å². The molecule has 6 heteroatoms. The van der Waals surface area contributed by atoms with Crippen molar-refractivity contribution < 1.29 is 23.4 Å². The molecule has 0 unspecified atom stereocenters. The molecule has 1 heterocycles. The standard InChI is InChI=1S/C28H42O5Si/c1-21(19-32-34(7,8)28(3,4)5)18-25(31-20-23-13-15-24(30-6)16-14-23)10-9-11-26-22(2)12-17-27(29)33-26/h9,11-17,22,25-26H,1,10,18-20H2,2-8H3/b11-9+/t22-,25+,26+/m1/s1. The van der Waals surface area contributed by atoms with Gasteiger partial charge in [-0.3, -0.25) is 0 Å². The Bertz CT molecular complexity index is 864. The summed E-state index contributed by atoms with van der Waals surface area (Å²) in [4.78, 5) is 11.6. The van der Waals surface area contributed by atoms with Gasteiger partial charge in [0.05, 0.1) is 26.4 Å². The van der Waals surface area contributed by atoms with E-state index in [4.69, 9.17) is 18.6 Å². The summed E-state index contributed by atoms with van der Waals surface area (Å²) in [6, 6.07) is 7.89. The van der Waals surface area contributed by atoms with Crippen molar-refractivity contribution in [2.75, 3.05) is 13.7 Å². The number of carbonyl (C=O) groups excluding carboxylic acids is 1. The Morgan fingerprint density at radius 2 is 1.91 bits per heavy atom. The first-order valence-electron chi connectivity index (χ1n) is 12.0. The van der Waals surface area contributed by atoms with Crippen LogP contribution in [0.5, 0.6) is 5.75 Å². The van der Waals surface area contributed by atoms with Gasteiger partial charge in [-0.15, -0.1) is 0 Å². The quantitative estimate of drug-likeness (QED) is 0.189. The van der Waals surface area contributed by atoms with Gasteiger partial charge in [-0.1, -0.05) is 64.1 Å². The molecular formula is C28H42O5Si. The smallest absolute Gasteiger partial charge is 0.331 e. The molecule has 0 saturated heterocycles. The maximum atomic E-state index is 11.6. The number of cyclic esters (lactones) is 1. The van der Waals surface area contributed by atoms with Crippen molar-refractivity contribution in [2.24, 2.45) is 5.92 Å². The summed E-state index contributed by atoms with van der Waals surface area (Å²) < 4.78 is 23.3. The van der Waals surface area contributed by atoms with Crippen LogP contribution in [0.4, 0.5) is 0 Å². The highest BCUT2D eigenvalue weighted by atomic mass is 28.4. The molecule has 1 aromatic rings. The highest BCUT2D eigenvalue weighted by molar-refractivity contribution is 6.74. The number of esters is 1. The van der Waals surface area contributed by atoms with E-state index < -0.39 is 8.32 Å². The van der Waals surface area contributed by atoms with Crippen LogP contribution in [0.1, 0.15) is 46.1 Å². The van der Waals surface area contributed by atoms with Gasteiger partial charge < -0.3 is 18.6 Å². The molecular weight excluding hydrogens is 444 g/mol.